The molecule has 1 aliphatic heterocycles. The molecule has 2 amide bonds. The second-order valence-electron chi connectivity index (χ2n) is 7.50. The van der Waals surface area contributed by atoms with Gasteiger partial charge < -0.3 is 15.5 Å². The van der Waals surface area contributed by atoms with Gasteiger partial charge in [-0.15, -0.1) is 0 Å². The van der Waals surface area contributed by atoms with Crippen LogP contribution in [0.1, 0.15) is 40.7 Å². The predicted molar refractivity (Wildman–Crippen MR) is 116 cm³/mol. The molecule has 3 rings (SSSR count). The number of non-ortho nitro benzene ring substituents is 1. The molecule has 0 saturated carbocycles. The van der Waals surface area contributed by atoms with Gasteiger partial charge in [0.15, 0.2) is 0 Å². The fourth-order valence-electron chi connectivity index (χ4n) is 3.68. The summed E-state index contributed by atoms with van der Waals surface area (Å²) in [5.41, 5.74) is 3.31. The van der Waals surface area contributed by atoms with E-state index in [1.54, 1.807) is 6.07 Å². The summed E-state index contributed by atoms with van der Waals surface area (Å²) in [6.07, 6.45) is 3.15. The largest absolute Gasteiger partial charge is 0.371 e. The molecule has 1 heterocycles. The van der Waals surface area contributed by atoms with E-state index >= 15 is 0 Å². The van der Waals surface area contributed by atoms with E-state index in [0.29, 0.717) is 5.69 Å². The Hall–Kier alpha value is -3.42. The number of carbonyl (C=O) groups is 2. The summed E-state index contributed by atoms with van der Waals surface area (Å²) in [6.45, 7) is 5.16. The van der Waals surface area contributed by atoms with E-state index in [1.807, 2.05) is 32.0 Å². The van der Waals surface area contributed by atoms with Crippen LogP contribution in [0, 0.1) is 24.0 Å². The minimum absolute atomic E-state index is 0.152. The van der Waals surface area contributed by atoms with Crippen LogP contribution in [0.3, 0.4) is 0 Å². The van der Waals surface area contributed by atoms with E-state index in [4.69, 9.17) is 0 Å². The summed E-state index contributed by atoms with van der Waals surface area (Å²) in [4.78, 5) is 37.9. The Labute approximate surface area is 175 Å². The number of nitro benzene ring substituents is 1. The summed E-state index contributed by atoms with van der Waals surface area (Å²) < 4.78 is 0. The van der Waals surface area contributed by atoms with Crippen molar-refractivity contribution in [2.75, 3.05) is 29.9 Å². The highest BCUT2D eigenvalue weighted by molar-refractivity contribution is 6.03. The quantitative estimate of drug-likeness (QED) is 0.560. The molecule has 2 aromatic carbocycles. The van der Waals surface area contributed by atoms with Gasteiger partial charge in [0.2, 0.25) is 5.91 Å². The predicted octanol–water partition coefficient (Wildman–Crippen LogP) is 3.57. The standard InChI is InChI=1S/C22H26N4O4/c1-15-7-6-8-16(2)21(15)24-20(27)14-23-22(28)18-13-17(26(29)30)9-10-19(18)25-11-4-3-5-12-25/h6-10,13H,3-5,11-12,14H2,1-2H3,(H,23,28)(H,24,27). The first-order valence-electron chi connectivity index (χ1n) is 10.0. The smallest absolute Gasteiger partial charge is 0.270 e. The van der Waals surface area contributed by atoms with Crippen molar-refractivity contribution in [3.8, 4) is 0 Å². The third kappa shape index (κ3) is 4.94. The van der Waals surface area contributed by atoms with Crippen molar-refractivity contribution < 1.29 is 14.5 Å². The van der Waals surface area contributed by atoms with Crippen LogP contribution in [-0.2, 0) is 4.79 Å². The molecule has 0 aliphatic carbocycles. The van der Waals surface area contributed by atoms with E-state index in [0.717, 1.165) is 49.2 Å². The maximum atomic E-state index is 12.8. The van der Waals surface area contributed by atoms with Gasteiger partial charge in [-0.05, 0) is 50.3 Å². The summed E-state index contributed by atoms with van der Waals surface area (Å²) in [7, 11) is 0. The maximum absolute atomic E-state index is 12.8. The minimum atomic E-state index is -0.523. The Morgan fingerprint density at radius 1 is 1.07 bits per heavy atom. The van der Waals surface area contributed by atoms with Gasteiger partial charge in [-0.1, -0.05) is 18.2 Å². The van der Waals surface area contributed by atoms with Gasteiger partial charge >= 0.3 is 0 Å². The molecule has 0 unspecified atom stereocenters. The van der Waals surface area contributed by atoms with E-state index in [9.17, 15) is 19.7 Å². The van der Waals surface area contributed by atoms with Crippen molar-refractivity contribution in [2.45, 2.75) is 33.1 Å². The average molecular weight is 410 g/mol. The van der Waals surface area contributed by atoms with Crippen LogP contribution in [0.2, 0.25) is 0 Å². The fraction of sp³-hybridized carbons (Fsp3) is 0.364. The molecule has 2 aromatic rings. The lowest BCUT2D eigenvalue weighted by Crippen LogP contribution is -2.35. The number of nitrogens with one attached hydrogen (secondary N) is 2. The van der Waals surface area contributed by atoms with Gasteiger partial charge in [0, 0.05) is 30.9 Å². The van der Waals surface area contributed by atoms with E-state index < -0.39 is 10.8 Å². The topological polar surface area (TPSA) is 105 Å². The molecule has 0 radical (unpaired) electrons. The number of benzene rings is 2. The Bertz CT molecular complexity index is 947. The Morgan fingerprint density at radius 2 is 1.73 bits per heavy atom. The lowest BCUT2D eigenvalue weighted by molar-refractivity contribution is -0.384. The molecule has 8 nitrogen and oxygen atoms in total. The fourth-order valence-corrected chi connectivity index (χ4v) is 3.68. The van der Waals surface area contributed by atoms with Crippen molar-refractivity contribution in [1.29, 1.82) is 0 Å². The van der Waals surface area contributed by atoms with Gasteiger partial charge in [0.25, 0.3) is 11.6 Å². The first kappa shape index (κ1) is 21.3. The summed E-state index contributed by atoms with van der Waals surface area (Å²) in [5, 5.41) is 16.6. The highest BCUT2D eigenvalue weighted by Gasteiger charge is 2.22. The van der Waals surface area contributed by atoms with Crippen LogP contribution >= 0.6 is 0 Å². The van der Waals surface area contributed by atoms with E-state index in [1.165, 1.54) is 12.1 Å². The van der Waals surface area contributed by atoms with Crippen LogP contribution in [-0.4, -0.2) is 36.4 Å². The summed E-state index contributed by atoms with van der Waals surface area (Å²) >= 11 is 0. The van der Waals surface area contributed by atoms with Gasteiger partial charge in [-0.25, -0.2) is 0 Å². The number of rotatable bonds is 6. The molecule has 1 fully saturated rings. The Kier molecular flexibility index (Phi) is 6.66. The minimum Gasteiger partial charge on any atom is -0.371 e. The van der Waals surface area contributed by atoms with Crippen LogP contribution in [0.5, 0.6) is 0 Å². The number of nitrogens with zero attached hydrogens (tertiary/aromatic N) is 2. The van der Waals surface area contributed by atoms with Crippen molar-refractivity contribution in [1.82, 2.24) is 5.32 Å². The zero-order valence-corrected chi connectivity index (χ0v) is 17.2. The number of hydrogen-bond acceptors (Lipinski definition) is 5. The van der Waals surface area contributed by atoms with Crippen LogP contribution in [0.25, 0.3) is 0 Å². The molecule has 158 valence electrons. The molecule has 30 heavy (non-hydrogen) atoms. The Balaban J connectivity index is 1.74. The van der Waals surface area contributed by atoms with Crippen molar-refractivity contribution in [3.05, 3.63) is 63.2 Å². The number of amides is 2. The summed E-state index contributed by atoms with van der Waals surface area (Å²) in [5.74, 6) is -0.860. The SMILES string of the molecule is Cc1cccc(C)c1NC(=O)CNC(=O)c1cc([N+](=O)[O-])ccc1N1CCCCC1. The highest BCUT2D eigenvalue weighted by Crippen LogP contribution is 2.28. The van der Waals surface area contributed by atoms with Gasteiger partial charge in [-0.2, -0.15) is 0 Å². The zero-order chi connectivity index (χ0) is 21.7. The van der Waals surface area contributed by atoms with Crippen LogP contribution in [0.15, 0.2) is 36.4 Å². The Morgan fingerprint density at radius 3 is 2.37 bits per heavy atom. The number of piperidine rings is 1. The first-order valence-corrected chi connectivity index (χ1v) is 10.0. The van der Waals surface area contributed by atoms with Gasteiger partial charge in [0.1, 0.15) is 0 Å². The number of carbonyl (C=O) groups excluding carboxylic acids is 2. The molecule has 0 atom stereocenters. The molecule has 0 bridgehead atoms. The lowest BCUT2D eigenvalue weighted by atomic mass is 10.1. The van der Waals surface area contributed by atoms with Crippen molar-refractivity contribution in [2.24, 2.45) is 0 Å². The van der Waals surface area contributed by atoms with E-state index in [-0.39, 0.29) is 23.7 Å². The first-order chi connectivity index (χ1) is 14.4. The van der Waals surface area contributed by atoms with Crippen LogP contribution < -0.4 is 15.5 Å². The zero-order valence-electron chi connectivity index (χ0n) is 17.2. The molecule has 1 aliphatic rings. The van der Waals surface area contributed by atoms with Crippen molar-refractivity contribution >= 4 is 28.9 Å². The van der Waals surface area contributed by atoms with Crippen LogP contribution in [0.4, 0.5) is 17.1 Å². The normalized spacial score (nSPS) is 13.6. The third-order valence-corrected chi connectivity index (χ3v) is 5.29. The highest BCUT2D eigenvalue weighted by atomic mass is 16.6. The van der Waals surface area contributed by atoms with E-state index in [2.05, 4.69) is 15.5 Å². The number of hydrogen-bond donors (Lipinski definition) is 2. The summed E-state index contributed by atoms with van der Waals surface area (Å²) in [6, 6.07) is 10.0. The molecular formula is C22H26N4O4. The molecule has 2 N–H and O–H groups in total. The monoisotopic (exact) mass is 410 g/mol. The second-order valence-corrected chi connectivity index (χ2v) is 7.50. The third-order valence-electron chi connectivity index (χ3n) is 5.29. The number of aryl methyl sites for hydroxylation is 2. The van der Waals surface area contributed by atoms with Gasteiger partial charge in [-0.3, -0.25) is 19.7 Å². The van der Waals surface area contributed by atoms with Crippen molar-refractivity contribution in [3.63, 3.8) is 0 Å². The molecule has 1 saturated heterocycles. The number of nitro groups is 1. The number of para-hydroxylation sites is 1. The van der Waals surface area contributed by atoms with Gasteiger partial charge in [0.05, 0.1) is 22.7 Å². The molecular weight excluding hydrogens is 384 g/mol. The molecule has 0 aromatic heterocycles. The average Bonchev–Trinajstić information content (AvgIpc) is 2.75. The maximum Gasteiger partial charge on any atom is 0.270 e. The second kappa shape index (κ2) is 9.39. The number of anilines is 2. The lowest BCUT2D eigenvalue weighted by Gasteiger charge is -2.30. The molecule has 8 heteroatoms. The molecule has 0 spiro atoms.